The smallest absolute Gasteiger partial charge is 0.241 e. The van der Waals surface area contributed by atoms with Gasteiger partial charge < -0.3 is 15.8 Å². The number of ether oxygens (including phenoxy) is 1. The van der Waals surface area contributed by atoms with Crippen LogP contribution in [0, 0.1) is 5.92 Å². The molecule has 0 aliphatic rings. The van der Waals surface area contributed by atoms with Crippen LogP contribution in [0.25, 0.3) is 0 Å². The molecule has 0 aromatic heterocycles. The van der Waals surface area contributed by atoms with Gasteiger partial charge in [-0.05, 0) is 25.0 Å². The molecule has 24 heavy (non-hydrogen) atoms. The molecule has 2 unspecified atom stereocenters. The van der Waals surface area contributed by atoms with Gasteiger partial charge in [0.1, 0.15) is 5.75 Å². The van der Waals surface area contributed by atoms with Crippen molar-refractivity contribution >= 4 is 39.7 Å². The molecule has 1 amide bonds. The molecule has 0 bridgehead atoms. The second-order valence-corrected chi connectivity index (χ2v) is 7.33. The summed E-state index contributed by atoms with van der Waals surface area (Å²) in [6.07, 6.45) is 0.801. The maximum Gasteiger partial charge on any atom is 0.241 e. The number of hydrogen-bond donors (Lipinski definition) is 3. The SMILES string of the molecule is CCC(C)C(N)C(=O)Nc1ccc(NS(=O)(=O)CC)c(OC)c1.Cl. The van der Waals surface area contributed by atoms with Gasteiger partial charge in [0.05, 0.1) is 24.6 Å². The summed E-state index contributed by atoms with van der Waals surface area (Å²) in [4.78, 5) is 12.1. The molecule has 0 spiro atoms. The number of anilines is 2. The van der Waals surface area contributed by atoms with Crippen molar-refractivity contribution in [1.82, 2.24) is 0 Å². The van der Waals surface area contributed by atoms with E-state index < -0.39 is 16.1 Å². The third-order valence-electron chi connectivity index (χ3n) is 3.67. The molecule has 0 aliphatic carbocycles. The Hall–Kier alpha value is -1.51. The molecule has 0 radical (unpaired) electrons. The summed E-state index contributed by atoms with van der Waals surface area (Å²) in [6, 6.07) is 4.08. The predicted octanol–water partition coefficient (Wildman–Crippen LogP) is 2.19. The fourth-order valence-corrected chi connectivity index (χ4v) is 2.48. The number of sulfonamides is 1. The molecule has 1 aromatic rings. The second kappa shape index (κ2) is 9.71. The number of nitrogens with one attached hydrogen (secondary N) is 2. The Bertz CT molecular complexity index is 652. The van der Waals surface area contributed by atoms with Gasteiger partial charge in [-0.3, -0.25) is 9.52 Å². The molecule has 0 saturated heterocycles. The summed E-state index contributed by atoms with van der Waals surface area (Å²) in [5.74, 6) is 0.0473. The van der Waals surface area contributed by atoms with Gasteiger partial charge in [0.2, 0.25) is 15.9 Å². The monoisotopic (exact) mass is 379 g/mol. The lowest BCUT2D eigenvalue weighted by molar-refractivity contribution is -0.118. The molecule has 0 saturated carbocycles. The minimum Gasteiger partial charge on any atom is -0.494 e. The average molecular weight is 380 g/mol. The average Bonchev–Trinajstić information content (AvgIpc) is 2.54. The van der Waals surface area contributed by atoms with E-state index in [9.17, 15) is 13.2 Å². The van der Waals surface area contributed by atoms with Crippen LogP contribution < -0.4 is 20.5 Å². The van der Waals surface area contributed by atoms with Crippen LogP contribution in [0.2, 0.25) is 0 Å². The van der Waals surface area contributed by atoms with Crippen molar-refractivity contribution in [2.24, 2.45) is 11.7 Å². The lowest BCUT2D eigenvalue weighted by Gasteiger charge is -2.18. The summed E-state index contributed by atoms with van der Waals surface area (Å²) in [6.45, 7) is 5.42. The maximum absolute atomic E-state index is 12.1. The van der Waals surface area contributed by atoms with Crippen molar-refractivity contribution in [3.63, 3.8) is 0 Å². The van der Waals surface area contributed by atoms with Crippen LogP contribution in [0.5, 0.6) is 5.75 Å². The molecule has 1 aromatic carbocycles. The van der Waals surface area contributed by atoms with Crippen LogP contribution in [0.1, 0.15) is 27.2 Å². The lowest BCUT2D eigenvalue weighted by Crippen LogP contribution is -2.40. The minimum atomic E-state index is -3.41. The topological polar surface area (TPSA) is 111 Å². The van der Waals surface area contributed by atoms with Crippen LogP contribution in [0.4, 0.5) is 11.4 Å². The third kappa shape index (κ3) is 6.18. The van der Waals surface area contributed by atoms with Crippen LogP contribution in [0.15, 0.2) is 18.2 Å². The van der Waals surface area contributed by atoms with E-state index in [1.807, 2.05) is 13.8 Å². The number of rotatable bonds is 8. The van der Waals surface area contributed by atoms with Crippen molar-refractivity contribution < 1.29 is 17.9 Å². The fourth-order valence-electron chi connectivity index (χ4n) is 1.83. The lowest BCUT2D eigenvalue weighted by atomic mass is 9.99. The van der Waals surface area contributed by atoms with Gasteiger partial charge in [-0.1, -0.05) is 20.3 Å². The van der Waals surface area contributed by atoms with Crippen LogP contribution >= 0.6 is 12.4 Å². The Labute approximate surface area is 149 Å². The normalized spacial score (nSPS) is 13.4. The molecule has 2 atom stereocenters. The second-order valence-electron chi connectivity index (χ2n) is 5.32. The zero-order valence-electron chi connectivity index (χ0n) is 14.3. The number of halogens is 1. The van der Waals surface area contributed by atoms with E-state index in [1.54, 1.807) is 19.1 Å². The molecule has 9 heteroatoms. The van der Waals surface area contributed by atoms with Gasteiger partial charge in [-0.25, -0.2) is 8.42 Å². The van der Waals surface area contributed by atoms with Crippen molar-refractivity contribution in [1.29, 1.82) is 0 Å². The first-order valence-corrected chi connectivity index (χ1v) is 9.14. The molecule has 0 fully saturated rings. The molecular weight excluding hydrogens is 354 g/mol. The van der Waals surface area contributed by atoms with Gasteiger partial charge in [-0.2, -0.15) is 0 Å². The van der Waals surface area contributed by atoms with Crippen molar-refractivity contribution in [3.05, 3.63) is 18.2 Å². The number of carbonyl (C=O) groups excluding carboxylic acids is 1. The predicted molar refractivity (Wildman–Crippen MR) is 99.4 cm³/mol. The van der Waals surface area contributed by atoms with Gasteiger partial charge in [0, 0.05) is 11.8 Å². The van der Waals surface area contributed by atoms with Gasteiger partial charge in [0.25, 0.3) is 0 Å². The Kier molecular flexibility index (Phi) is 9.09. The van der Waals surface area contributed by atoms with Gasteiger partial charge >= 0.3 is 0 Å². The van der Waals surface area contributed by atoms with Crippen molar-refractivity contribution in [3.8, 4) is 5.75 Å². The van der Waals surface area contributed by atoms with E-state index in [4.69, 9.17) is 10.5 Å². The third-order valence-corrected chi connectivity index (χ3v) is 4.97. The summed E-state index contributed by atoms with van der Waals surface area (Å²) >= 11 is 0. The zero-order valence-corrected chi connectivity index (χ0v) is 16.0. The highest BCUT2D eigenvalue weighted by Gasteiger charge is 2.20. The highest BCUT2D eigenvalue weighted by molar-refractivity contribution is 7.92. The Morgan fingerprint density at radius 3 is 2.46 bits per heavy atom. The number of nitrogens with two attached hydrogens (primary N) is 1. The Balaban J connectivity index is 0.00000529. The largest absolute Gasteiger partial charge is 0.494 e. The zero-order chi connectivity index (χ0) is 17.6. The molecule has 0 heterocycles. The molecule has 0 aliphatic heterocycles. The number of hydrogen-bond acceptors (Lipinski definition) is 5. The summed E-state index contributed by atoms with van der Waals surface area (Å²) in [5, 5.41) is 2.71. The first-order valence-electron chi connectivity index (χ1n) is 7.49. The van der Waals surface area contributed by atoms with E-state index >= 15 is 0 Å². The molecule has 1 rings (SSSR count). The van der Waals surface area contributed by atoms with Crippen LogP contribution in [-0.4, -0.2) is 33.2 Å². The molecular formula is C15H26ClN3O4S. The van der Waals surface area contributed by atoms with Gasteiger partial charge in [0.15, 0.2) is 0 Å². The highest BCUT2D eigenvalue weighted by Crippen LogP contribution is 2.29. The molecule has 138 valence electrons. The number of benzene rings is 1. The fraction of sp³-hybridized carbons (Fsp3) is 0.533. The van der Waals surface area contributed by atoms with Crippen LogP contribution in [-0.2, 0) is 14.8 Å². The first kappa shape index (κ1) is 22.5. The molecule has 4 N–H and O–H groups in total. The standard InChI is InChI=1S/C15H25N3O4S.ClH/c1-5-10(3)14(16)15(19)17-11-7-8-12(13(9-11)22-4)18-23(20,21)6-2;/h7-10,14,18H,5-6,16H2,1-4H3,(H,17,19);1H. The van der Waals surface area contributed by atoms with E-state index in [2.05, 4.69) is 10.0 Å². The van der Waals surface area contributed by atoms with Gasteiger partial charge in [-0.15, -0.1) is 12.4 Å². The van der Waals surface area contributed by atoms with Crippen LogP contribution in [0.3, 0.4) is 0 Å². The number of amides is 1. The van der Waals surface area contributed by atoms with E-state index in [-0.39, 0.29) is 30.0 Å². The Morgan fingerprint density at radius 2 is 1.96 bits per heavy atom. The number of methoxy groups -OCH3 is 1. The Morgan fingerprint density at radius 1 is 1.33 bits per heavy atom. The van der Waals surface area contributed by atoms with E-state index in [0.717, 1.165) is 6.42 Å². The highest BCUT2D eigenvalue weighted by atomic mass is 35.5. The van der Waals surface area contributed by atoms with Crippen molar-refractivity contribution in [2.75, 3.05) is 22.9 Å². The van der Waals surface area contributed by atoms with Crippen molar-refractivity contribution in [2.45, 2.75) is 33.2 Å². The first-order chi connectivity index (χ1) is 10.7. The minimum absolute atomic E-state index is 0. The number of carbonyl (C=O) groups is 1. The maximum atomic E-state index is 12.1. The van der Waals surface area contributed by atoms with E-state index in [0.29, 0.717) is 17.1 Å². The quantitative estimate of drug-likeness (QED) is 0.641. The molecule has 7 nitrogen and oxygen atoms in total. The summed E-state index contributed by atoms with van der Waals surface area (Å²) in [7, 11) is -1.98. The summed E-state index contributed by atoms with van der Waals surface area (Å²) in [5.41, 5.74) is 6.69. The summed E-state index contributed by atoms with van der Waals surface area (Å²) < 4.78 is 30.9. The van der Waals surface area contributed by atoms with E-state index in [1.165, 1.54) is 13.2 Å².